The van der Waals surface area contributed by atoms with Crippen molar-refractivity contribution in [1.29, 1.82) is 0 Å². The number of benzene rings is 1. The molecule has 0 heterocycles. The van der Waals surface area contributed by atoms with Crippen molar-refractivity contribution >= 4 is 5.69 Å². The van der Waals surface area contributed by atoms with Crippen LogP contribution in [-0.4, -0.2) is 18.8 Å². The SMILES string of the molecule is CC[N+](C)(O)c1ccccc1. The van der Waals surface area contributed by atoms with E-state index in [1.54, 1.807) is 7.05 Å². The molecule has 0 aliphatic heterocycles. The third kappa shape index (κ3) is 1.79. The summed E-state index contributed by atoms with van der Waals surface area (Å²) >= 11 is 0. The van der Waals surface area contributed by atoms with Gasteiger partial charge in [-0.15, -0.1) is 0 Å². The third-order valence-electron chi connectivity index (χ3n) is 1.93. The number of hydroxylamine groups is 2. The van der Waals surface area contributed by atoms with Gasteiger partial charge in [0.1, 0.15) is 13.6 Å². The smallest absolute Gasteiger partial charge is 0.164 e. The van der Waals surface area contributed by atoms with Gasteiger partial charge >= 0.3 is 0 Å². The molecule has 11 heavy (non-hydrogen) atoms. The van der Waals surface area contributed by atoms with Crippen molar-refractivity contribution in [3.63, 3.8) is 0 Å². The van der Waals surface area contributed by atoms with Crippen molar-refractivity contribution < 1.29 is 5.21 Å². The molecule has 1 aromatic carbocycles. The van der Waals surface area contributed by atoms with Crippen LogP contribution < -0.4 is 4.65 Å². The van der Waals surface area contributed by atoms with Crippen molar-refractivity contribution in [2.24, 2.45) is 0 Å². The van der Waals surface area contributed by atoms with E-state index >= 15 is 0 Å². The minimum atomic E-state index is -0.0408. The van der Waals surface area contributed by atoms with Gasteiger partial charge in [0, 0.05) is 12.1 Å². The Kier molecular flexibility index (Phi) is 2.27. The molecule has 0 saturated heterocycles. The van der Waals surface area contributed by atoms with E-state index in [0.29, 0.717) is 6.54 Å². The van der Waals surface area contributed by atoms with Gasteiger partial charge in [0.25, 0.3) is 0 Å². The molecule has 0 saturated carbocycles. The molecule has 0 aromatic heterocycles. The molecule has 0 bridgehead atoms. The molecule has 2 heteroatoms. The quantitative estimate of drug-likeness (QED) is 0.508. The van der Waals surface area contributed by atoms with Crippen LogP contribution in [0.1, 0.15) is 6.92 Å². The first-order valence-electron chi connectivity index (χ1n) is 3.80. The molecular weight excluding hydrogens is 138 g/mol. The van der Waals surface area contributed by atoms with Gasteiger partial charge in [-0.25, -0.2) is 5.21 Å². The lowest BCUT2D eigenvalue weighted by atomic mass is 10.3. The Morgan fingerprint density at radius 2 is 1.82 bits per heavy atom. The molecule has 1 rings (SSSR count). The van der Waals surface area contributed by atoms with Crippen LogP contribution in [0.4, 0.5) is 5.69 Å². The summed E-state index contributed by atoms with van der Waals surface area (Å²) in [5, 5.41) is 9.73. The van der Waals surface area contributed by atoms with Gasteiger partial charge in [-0.05, 0) is 6.92 Å². The van der Waals surface area contributed by atoms with E-state index in [1.165, 1.54) is 0 Å². The fraction of sp³-hybridized carbons (Fsp3) is 0.333. The van der Waals surface area contributed by atoms with Gasteiger partial charge in [0.05, 0.1) is 0 Å². The van der Waals surface area contributed by atoms with Crippen molar-refractivity contribution in [2.75, 3.05) is 13.6 Å². The second-order valence-corrected chi connectivity index (χ2v) is 2.79. The van der Waals surface area contributed by atoms with Gasteiger partial charge in [-0.1, -0.05) is 18.2 Å². The Balaban J connectivity index is 2.93. The molecule has 0 aliphatic rings. The van der Waals surface area contributed by atoms with E-state index in [2.05, 4.69) is 0 Å². The summed E-state index contributed by atoms with van der Waals surface area (Å²) in [4.78, 5) is 0. The summed E-state index contributed by atoms with van der Waals surface area (Å²) in [6.07, 6.45) is 0. The van der Waals surface area contributed by atoms with Crippen LogP contribution >= 0.6 is 0 Å². The Hall–Kier alpha value is -0.860. The highest BCUT2D eigenvalue weighted by molar-refractivity contribution is 5.39. The molecule has 0 amide bonds. The topological polar surface area (TPSA) is 20.2 Å². The van der Waals surface area contributed by atoms with Crippen LogP contribution in [0.2, 0.25) is 0 Å². The molecule has 60 valence electrons. The number of rotatable bonds is 2. The van der Waals surface area contributed by atoms with Crippen LogP contribution in [-0.2, 0) is 0 Å². The molecule has 1 aromatic rings. The van der Waals surface area contributed by atoms with E-state index < -0.39 is 0 Å². The predicted octanol–water partition coefficient (Wildman–Crippen LogP) is 2.03. The summed E-state index contributed by atoms with van der Waals surface area (Å²) in [7, 11) is 1.77. The first kappa shape index (κ1) is 8.24. The Bertz CT molecular complexity index is 218. The standard InChI is InChI=1S/C9H14NO/c1-3-10(2,11)9-7-5-4-6-8-9/h4-8,11H,3H2,1-2H3/q+1. The first-order chi connectivity index (χ1) is 5.17. The van der Waals surface area contributed by atoms with Gasteiger partial charge < -0.3 is 0 Å². The van der Waals surface area contributed by atoms with E-state index in [4.69, 9.17) is 0 Å². The summed E-state index contributed by atoms with van der Waals surface area (Å²) in [6.45, 7) is 2.64. The van der Waals surface area contributed by atoms with Crippen molar-refractivity contribution in [3.8, 4) is 0 Å². The van der Waals surface area contributed by atoms with Crippen molar-refractivity contribution in [2.45, 2.75) is 6.92 Å². The second-order valence-electron chi connectivity index (χ2n) is 2.79. The van der Waals surface area contributed by atoms with Crippen LogP contribution in [0.5, 0.6) is 0 Å². The summed E-state index contributed by atoms with van der Waals surface area (Å²) < 4.78 is -0.0408. The van der Waals surface area contributed by atoms with Gasteiger partial charge in [-0.3, -0.25) is 0 Å². The molecule has 1 atom stereocenters. The summed E-state index contributed by atoms with van der Waals surface area (Å²) in [5.74, 6) is 0. The Morgan fingerprint density at radius 3 is 2.27 bits per heavy atom. The molecular formula is C9H14NO+. The molecule has 0 radical (unpaired) electrons. The molecule has 0 fully saturated rings. The minimum absolute atomic E-state index is 0.0408. The largest absolute Gasteiger partial charge is 0.212 e. The molecule has 1 N–H and O–H groups in total. The lowest BCUT2D eigenvalue weighted by molar-refractivity contribution is -0.0499. The number of nitrogens with zero attached hydrogens (tertiary/aromatic N) is 1. The van der Waals surface area contributed by atoms with Crippen molar-refractivity contribution in [3.05, 3.63) is 30.3 Å². The van der Waals surface area contributed by atoms with E-state index in [0.717, 1.165) is 5.69 Å². The third-order valence-corrected chi connectivity index (χ3v) is 1.93. The summed E-state index contributed by atoms with van der Waals surface area (Å²) in [5.41, 5.74) is 0.926. The lowest BCUT2D eigenvalue weighted by Crippen LogP contribution is -2.40. The monoisotopic (exact) mass is 152 g/mol. The fourth-order valence-electron chi connectivity index (χ4n) is 0.932. The molecule has 0 aliphatic carbocycles. The summed E-state index contributed by atoms with van der Waals surface area (Å²) in [6, 6.07) is 9.64. The average molecular weight is 152 g/mol. The zero-order valence-corrected chi connectivity index (χ0v) is 6.99. The number of quaternary nitrogens is 1. The normalized spacial score (nSPS) is 15.9. The van der Waals surface area contributed by atoms with E-state index in [1.807, 2.05) is 37.3 Å². The van der Waals surface area contributed by atoms with Crippen LogP contribution in [0.15, 0.2) is 30.3 Å². The first-order valence-corrected chi connectivity index (χ1v) is 3.80. The fourth-order valence-corrected chi connectivity index (χ4v) is 0.932. The molecule has 0 spiro atoms. The van der Waals surface area contributed by atoms with E-state index in [9.17, 15) is 5.21 Å². The van der Waals surface area contributed by atoms with Gasteiger partial charge in [0.2, 0.25) is 0 Å². The number of para-hydroxylation sites is 1. The lowest BCUT2D eigenvalue weighted by Gasteiger charge is -2.22. The minimum Gasteiger partial charge on any atom is -0.212 e. The molecule has 2 nitrogen and oxygen atoms in total. The average Bonchev–Trinajstić information content (AvgIpc) is 2.06. The number of hydrogen-bond acceptors (Lipinski definition) is 1. The highest BCUT2D eigenvalue weighted by Gasteiger charge is 2.18. The maximum atomic E-state index is 9.73. The van der Waals surface area contributed by atoms with Gasteiger partial charge in [-0.2, -0.15) is 4.65 Å². The van der Waals surface area contributed by atoms with Crippen LogP contribution in [0, 0.1) is 0 Å². The van der Waals surface area contributed by atoms with Crippen LogP contribution in [0.3, 0.4) is 0 Å². The van der Waals surface area contributed by atoms with Crippen molar-refractivity contribution in [1.82, 2.24) is 4.65 Å². The zero-order valence-electron chi connectivity index (χ0n) is 6.99. The van der Waals surface area contributed by atoms with Crippen LogP contribution in [0.25, 0.3) is 0 Å². The number of hydrogen-bond donors (Lipinski definition) is 1. The highest BCUT2D eigenvalue weighted by atomic mass is 16.5. The maximum absolute atomic E-state index is 9.73. The zero-order chi connectivity index (χ0) is 8.32. The van der Waals surface area contributed by atoms with Gasteiger partial charge in [0.15, 0.2) is 5.69 Å². The Morgan fingerprint density at radius 1 is 1.27 bits per heavy atom. The Labute approximate surface area is 67.2 Å². The highest BCUT2D eigenvalue weighted by Crippen LogP contribution is 2.16. The molecule has 1 unspecified atom stereocenters. The maximum Gasteiger partial charge on any atom is 0.164 e. The second kappa shape index (κ2) is 3.03. The van der Waals surface area contributed by atoms with E-state index in [-0.39, 0.29) is 4.65 Å². The predicted molar refractivity (Wildman–Crippen MR) is 46.5 cm³/mol.